The van der Waals surface area contributed by atoms with E-state index in [4.69, 9.17) is 4.74 Å². The fourth-order valence-corrected chi connectivity index (χ4v) is 2.86. The molecular weight excluding hydrogens is 352 g/mol. The highest BCUT2D eigenvalue weighted by Gasteiger charge is 2.23. The Morgan fingerprint density at radius 1 is 1.07 bits per heavy atom. The number of nitrogens with zero attached hydrogens (tertiary/aromatic N) is 1. The monoisotopic (exact) mass is 380 g/mol. The number of hydrogen-bond donors (Lipinski definition) is 1. The van der Waals surface area contributed by atoms with Gasteiger partial charge in [0.2, 0.25) is 5.91 Å². The van der Waals surface area contributed by atoms with Crippen LogP contribution in [-0.2, 0) is 11.3 Å². The van der Waals surface area contributed by atoms with Gasteiger partial charge in [0, 0.05) is 31.6 Å². The Bertz CT molecular complexity index is 796. The van der Waals surface area contributed by atoms with E-state index in [1.165, 1.54) is 5.56 Å². The molecular formula is C23H28N2O3. The smallest absolute Gasteiger partial charge is 0.251 e. The van der Waals surface area contributed by atoms with Crippen LogP contribution in [0.25, 0.3) is 0 Å². The molecule has 1 aliphatic carbocycles. The minimum Gasteiger partial charge on any atom is -0.494 e. The quantitative estimate of drug-likeness (QED) is 0.675. The molecule has 1 saturated carbocycles. The third-order valence-corrected chi connectivity index (χ3v) is 4.80. The van der Waals surface area contributed by atoms with Crippen LogP contribution in [0.2, 0.25) is 0 Å². The van der Waals surface area contributed by atoms with Gasteiger partial charge >= 0.3 is 0 Å². The van der Waals surface area contributed by atoms with E-state index in [9.17, 15) is 9.59 Å². The fraction of sp³-hybridized carbons (Fsp3) is 0.391. The van der Waals surface area contributed by atoms with Gasteiger partial charge in [-0.1, -0.05) is 29.8 Å². The van der Waals surface area contributed by atoms with Crippen molar-refractivity contribution in [3.8, 4) is 5.75 Å². The lowest BCUT2D eigenvalue weighted by molar-refractivity contribution is -0.130. The van der Waals surface area contributed by atoms with Crippen LogP contribution in [-0.4, -0.2) is 36.4 Å². The van der Waals surface area contributed by atoms with Crippen molar-refractivity contribution in [3.63, 3.8) is 0 Å². The van der Waals surface area contributed by atoms with Gasteiger partial charge in [0.25, 0.3) is 5.91 Å². The summed E-state index contributed by atoms with van der Waals surface area (Å²) in [6, 6.07) is 15.7. The van der Waals surface area contributed by atoms with E-state index >= 15 is 0 Å². The Hall–Kier alpha value is -2.82. The predicted molar refractivity (Wildman–Crippen MR) is 109 cm³/mol. The van der Waals surface area contributed by atoms with Crippen molar-refractivity contribution < 1.29 is 14.3 Å². The summed E-state index contributed by atoms with van der Waals surface area (Å²) in [6.45, 7) is 3.09. The van der Waals surface area contributed by atoms with Crippen molar-refractivity contribution in [1.82, 2.24) is 10.2 Å². The summed E-state index contributed by atoms with van der Waals surface area (Å²) in [5.74, 6) is 0.896. The van der Waals surface area contributed by atoms with Gasteiger partial charge < -0.3 is 15.0 Å². The number of rotatable bonds is 9. The largest absolute Gasteiger partial charge is 0.494 e. The van der Waals surface area contributed by atoms with Gasteiger partial charge in [0.1, 0.15) is 5.75 Å². The summed E-state index contributed by atoms with van der Waals surface area (Å²) in [4.78, 5) is 26.0. The normalized spacial score (nSPS) is 13.1. The SMILES string of the molecule is Cc1ccc(OCCCC(=O)N(C)Cc2ccc(C(=O)NC3CC3)cc2)cc1. The van der Waals surface area contributed by atoms with Gasteiger partial charge in [-0.05, 0) is 56.0 Å². The van der Waals surface area contributed by atoms with Crippen LogP contribution in [0.3, 0.4) is 0 Å². The molecule has 2 aromatic rings. The maximum Gasteiger partial charge on any atom is 0.251 e. The lowest BCUT2D eigenvalue weighted by atomic mass is 10.1. The van der Waals surface area contributed by atoms with Crippen LogP contribution >= 0.6 is 0 Å². The molecule has 0 saturated heterocycles. The molecule has 0 heterocycles. The van der Waals surface area contributed by atoms with Gasteiger partial charge in [-0.25, -0.2) is 0 Å². The molecule has 5 heteroatoms. The fourth-order valence-electron chi connectivity index (χ4n) is 2.86. The van der Waals surface area contributed by atoms with Crippen molar-refractivity contribution in [2.45, 2.75) is 45.2 Å². The van der Waals surface area contributed by atoms with E-state index in [1.54, 1.807) is 11.9 Å². The maximum atomic E-state index is 12.3. The third kappa shape index (κ3) is 6.12. The average molecular weight is 380 g/mol. The molecule has 2 amide bonds. The molecule has 5 nitrogen and oxygen atoms in total. The Balaban J connectivity index is 1.38. The average Bonchev–Trinajstić information content (AvgIpc) is 3.51. The molecule has 148 valence electrons. The Labute approximate surface area is 166 Å². The van der Waals surface area contributed by atoms with Gasteiger partial charge in [-0.2, -0.15) is 0 Å². The highest BCUT2D eigenvalue weighted by atomic mass is 16.5. The van der Waals surface area contributed by atoms with Gasteiger partial charge in [-0.3, -0.25) is 9.59 Å². The molecule has 0 aliphatic heterocycles. The molecule has 1 fully saturated rings. The van der Waals surface area contributed by atoms with E-state index < -0.39 is 0 Å². The number of ether oxygens (including phenoxy) is 1. The van der Waals surface area contributed by atoms with E-state index in [0.717, 1.165) is 24.2 Å². The van der Waals surface area contributed by atoms with Gasteiger partial charge in [-0.15, -0.1) is 0 Å². The van der Waals surface area contributed by atoms with Crippen LogP contribution in [0.15, 0.2) is 48.5 Å². The number of carbonyl (C=O) groups is 2. The first kappa shape index (κ1) is 19.9. The zero-order valence-corrected chi connectivity index (χ0v) is 16.6. The third-order valence-electron chi connectivity index (χ3n) is 4.80. The molecule has 0 spiro atoms. The first-order valence-corrected chi connectivity index (χ1v) is 9.84. The Kier molecular flexibility index (Phi) is 6.69. The Morgan fingerprint density at radius 2 is 1.75 bits per heavy atom. The van der Waals surface area contributed by atoms with E-state index in [0.29, 0.717) is 37.6 Å². The number of nitrogens with one attached hydrogen (secondary N) is 1. The maximum absolute atomic E-state index is 12.3. The van der Waals surface area contributed by atoms with Crippen molar-refractivity contribution in [3.05, 3.63) is 65.2 Å². The summed E-state index contributed by atoms with van der Waals surface area (Å²) >= 11 is 0. The lowest BCUT2D eigenvalue weighted by Gasteiger charge is -2.17. The standard InChI is InChI=1S/C23H28N2O3/c1-17-5-13-21(14-6-17)28-15-3-4-22(26)25(2)16-18-7-9-19(10-8-18)23(27)24-20-11-12-20/h5-10,13-14,20H,3-4,11-12,15-16H2,1-2H3,(H,24,27). The topological polar surface area (TPSA) is 58.6 Å². The second-order valence-corrected chi connectivity index (χ2v) is 7.46. The molecule has 0 unspecified atom stereocenters. The van der Waals surface area contributed by atoms with Crippen LogP contribution in [0.4, 0.5) is 0 Å². The predicted octanol–water partition coefficient (Wildman–Crippen LogP) is 3.70. The summed E-state index contributed by atoms with van der Waals surface area (Å²) in [5.41, 5.74) is 2.87. The van der Waals surface area contributed by atoms with E-state index in [1.807, 2.05) is 55.5 Å². The number of hydrogen-bond acceptors (Lipinski definition) is 3. The molecule has 1 N–H and O–H groups in total. The van der Waals surface area contributed by atoms with Crippen molar-refractivity contribution in [1.29, 1.82) is 0 Å². The van der Waals surface area contributed by atoms with E-state index in [-0.39, 0.29) is 11.8 Å². The number of aryl methyl sites for hydroxylation is 1. The van der Waals surface area contributed by atoms with E-state index in [2.05, 4.69) is 5.32 Å². The zero-order chi connectivity index (χ0) is 19.9. The number of amides is 2. The lowest BCUT2D eigenvalue weighted by Crippen LogP contribution is -2.27. The van der Waals surface area contributed by atoms with Crippen molar-refractivity contribution >= 4 is 11.8 Å². The molecule has 0 aromatic heterocycles. The highest BCUT2D eigenvalue weighted by Crippen LogP contribution is 2.19. The molecule has 0 radical (unpaired) electrons. The van der Waals surface area contributed by atoms with Crippen molar-refractivity contribution in [2.75, 3.05) is 13.7 Å². The summed E-state index contributed by atoms with van der Waals surface area (Å²) in [6.07, 6.45) is 3.28. The molecule has 1 aliphatic rings. The van der Waals surface area contributed by atoms with Gasteiger partial charge in [0.05, 0.1) is 6.61 Å². The zero-order valence-electron chi connectivity index (χ0n) is 16.6. The second kappa shape index (κ2) is 9.40. The second-order valence-electron chi connectivity index (χ2n) is 7.46. The number of benzene rings is 2. The van der Waals surface area contributed by atoms with Crippen LogP contribution in [0.5, 0.6) is 5.75 Å². The number of carbonyl (C=O) groups excluding carboxylic acids is 2. The first-order valence-electron chi connectivity index (χ1n) is 9.84. The minimum atomic E-state index is -0.0212. The van der Waals surface area contributed by atoms with Crippen LogP contribution in [0.1, 0.15) is 47.2 Å². The summed E-state index contributed by atoms with van der Waals surface area (Å²) in [7, 11) is 1.80. The van der Waals surface area contributed by atoms with Gasteiger partial charge in [0.15, 0.2) is 0 Å². The van der Waals surface area contributed by atoms with Crippen LogP contribution < -0.4 is 10.1 Å². The van der Waals surface area contributed by atoms with Crippen LogP contribution in [0, 0.1) is 6.92 Å². The molecule has 0 atom stereocenters. The Morgan fingerprint density at radius 3 is 2.39 bits per heavy atom. The summed E-state index contributed by atoms with van der Waals surface area (Å²) in [5, 5.41) is 2.98. The molecule has 2 aromatic carbocycles. The van der Waals surface area contributed by atoms with Crippen molar-refractivity contribution in [2.24, 2.45) is 0 Å². The summed E-state index contributed by atoms with van der Waals surface area (Å²) < 4.78 is 5.67. The molecule has 0 bridgehead atoms. The molecule has 3 rings (SSSR count). The highest BCUT2D eigenvalue weighted by molar-refractivity contribution is 5.94. The molecule has 28 heavy (non-hydrogen) atoms. The first-order chi connectivity index (χ1) is 13.5. The minimum absolute atomic E-state index is 0.0212.